The van der Waals surface area contributed by atoms with Crippen molar-refractivity contribution in [2.75, 3.05) is 11.9 Å². The molecule has 0 aliphatic heterocycles. The molecule has 0 atom stereocenters. The van der Waals surface area contributed by atoms with Gasteiger partial charge in [0.2, 0.25) is 10.0 Å². The molecule has 0 saturated heterocycles. The molecule has 0 unspecified atom stereocenters. The molecule has 2 aromatic rings. The summed E-state index contributed by atoms with van der Waals surface area (Å²) in [5.41, 5.74) is 1.84. The topological polar surface area (TPSA) is 75.3 Å². The number of carbonyl (C=O) groups is 1. The highest BCUT2D eigenvalue weighted by atomic mass is 32.2. The highest BCUT2D eigenvalue weighted by Gasteiger charge is 2.30. The van der Waals surface area contributed by atoms with Crippen LogP contribution in [0.15, 0.2) is 53.4 Å². The fraction of sp³-hybridized carbons (Fsp3) is 0.235. The van der Waals surface area contributed by atoms with Crippen LogP contribution in [0, 0.1) is 0 Å². The molecule has 0 bridgehead atoms. The summed E-state index contributed by atoms with van der Waals surface area (Å²) in [5, 5.41) is 2.60. The molecule has 0 heterocycles. The maximum absolute atomic E-state index is 12.1. The monoisotopic (exact) mass is 386 g/mol. The molecule has 0 aliphatic rings. The van der Waals surface area contributed by atoms with Crippen LogP contribution in [0.5, 0.6) is 0 Å². The summed E-state index contributed by atoms with van der Waals surface area (Å²) in [6.07, 6.45) is -3.80. The van der Waals surface area contributed by atoms with Gasteiger partial charge >= 0.3 is 6.18 Å². The molecule has 0 aromatic heterocycles. The molecular formula is C17H17F3N2O3S. The van der Waals surface area contributed by atoms with Gasteiger partial charge in [0.05, 0.1) is 4.90 Å². The summed E-state index contributed by atoms with van der Waals surface area (Å²) in [7, 11) is -4.28. The number of hydrogen-bond donors (Lipinski definition) is 2. The molecule has 0 spiro atoms. The molecule has 0 radical (unpaired) electrons. The summed E-state index contributed by atoms with van der Waals surface area (Å²) < 4.78 is 61.5. The third-order valence-electron chi connectivity index (χ3n) is 3.51. The van der Waals surface area contributed by atoms with Crippen molar-refractivity contribution in [3.05, 3.63) is 59.7 Å². The number of sulfonamides is 1. The van der Waals surface area contributed by atoms with Crippen LogP contribution in [0.4, 0.5) is 18.9 Å². The zero-order valence-corrected chi connectivity index (χ0v) is 14.6. The Morgan fingerprint density at radius 1 is 1.00 bits per heavy atom. The standard InChI is InChI=1S/C17H17F3N2O3S/c1-2-12-3-5-13(6-4-12)16(23)22-14-7-9-15(10-8-14)26(24,25)21-11-17(18,19)20/h3-10,21H,2,11H2,1H3,(H,22,23). The molecular weight excluding hydrogens is 369 g/mol. The van der Waals surface area contributed by atoms with Gasteiger partial charge in [0.25, 0.3) is 5.91 Å². The number of halogens is 3. The molecule has 9 heteroatoms. The van der Waals surface area contributed by atoms with Crippen LogP contribution in [-0.2, 0) is 16.4 Å². The number of anilines is 1. The Balaban J connectivity index is 2.05. The van der Waals surface area contributed by atoms with Crippen molar-refractivity contribution in [2.45, 2.75) is 24.4 Å². The second-order valence-corrected chi connectivity index (χ2v) is 7.24. The first-order valence-electron chi connectivity index (χ1n) is 7.67. The van der Waals surface area contributed by atoms with E-state index in [4.69, 9.17) is 0 Å². The summed E-state index contributed by atoms with van der Waals surface area (Å²) in [5.74, 6) is -0.376. The second kappa shape index (κ2) is 7.88. The van der Waals surface area contributed by atoms with Crippen molar-refractivity contribution in [1.82, 2.24) is 4.72 Å². The number of hydrogen-bond acceptors (Lipinski definition) is 3. The summed E-state index contributed by atoms with van der Waals surface area (Å²) in [6, 6.07) is 11.9. The quantitative estimate of drug-likeness (QED) is 0.800. The zero-order valence-electron chi connectivity index (χ0n) is 13.8. The van der Waals surface area contributed by atoms with E-state index < -0.39 is 22.7 Å². The lowest BCUT2D eigenvalue weighted by Crippen LogP contribution is -2.33. The van der Waals surface area contributed by atoms with Crippen LogP contribution >= 0.6 is 0 Å². The molecule has 1 amide bonds. The van der Waals surface area contributed by atoms with Gasteiger partial charge in [-0.25, -0.2) is 13.1 Å². The first-order chi connectivity index (χ1) is 12.1. The van der Waals surface area contributed by atoms with Gasteiger partial charge < -0.3 is 5.32 Å². The normalized spacial score (nSPS) is 12.0. The van der Waals surface area contributed by atoms with Crippen molar-refractivity contribution >= 4 is 21.6 Å². The summed E-state index contributed by atoms with van der Waals surface area (Å²) in [4.78, 5) is 11.8. The smallest absolute Gasteiger partial charge is 0.322 e. The fourth-order valence-corrected chi connectivity index (χ4v) is 3.09. The lowest BCUT2D eigenvalue weighted by Gasteiger charge is -2.10. The van der Waals surface area contributed by atoms with Crippen LogP contribution in [0.1, 0.15) is 22.8 Å². The van der Waals surface area contributed by atoms with Crippen molar-refractivity contribution in [2.24, 2.45) is 0 Å². The SMILES string of the molecule is CCc1ccc(C(=O)Nc2ccc(S(=O)(=O)NCC(F)(F)F)cc2)cc1. The first-order valence-corrected chi connectivity index (χ1v) is 9.16. The molecule has 2 aromatic carbocycles. The number of amides is 1. The second-order valence-electron chi connectivity index (χ2n) is 5.47. The summed E-state index contributed by atoms with van der Waals surface area (Å²) in [6.45, 7) is 0.343. The minimum atomic E-state index is -4.64. The first kappa shape index (κ1) is 19.9. The predicted octanol–water partition coefficient (Wildman–Crippen LogP) is 3.34. The minimum absolute atomic E-state index is 0.323. The van der Waals surface area contributed by atoms with Gasteiger partial charge in [0.15, 0.2) is 0 Å². The average Bonchev–Trinajstić information content (AvgIpc) is 2.60. The third-order valence-corrected chi connectivity index (χ3v) is 4.93. The van der Waals surface area contributed by atoms with Gasteiger partial charge in [-0.3, -0.25) is 4.79 Å². The number of alkyl halides is 3. The van der Waals surface area contributed by atoms with E-state index in [1.165, 1.54) is 16.9 Å². The molecule has 26 heavy (non-hydrogen) atoms. The van der Waals surface area contributed by atoms with Crippen LogP contribution < -0.4 is 10.0 Å². The summed E-state index contributed by atoms with van der Waals surface area (Å²) >= 11 is 0. The molecule has 0 saturated carbocycles. The third kappa shape index (κ3) is 5.57. The highest BCUT2D eigenvalue weighted by molar-refractivity contribution is 7.89. The lowest BCUT2D eigenvalue weighted by molar-refractivity contribution is -0.121. The molecule has 140 valence electrons. The van der Waals surface area contributed by atoms with Gasteiger partial charge in [-0.1, -0.05) is 19.1 Å². The van der Waals surface area contributed by atoms with E-state index in [9.17, 15) is 26.4 Å². The van der Waals surface area contributed by atoms with Crippen molar-refractivity contribution in [3.63, 3.8) is 0 Å². The van der Waals surface area contributed by atoms with Crippen LogP contribution in [0.2, 0.25) is 0 Å². The Bertz CT molecular complexity index is 862. The largest absolute Gasteiger partial charge is 0.402 e. The Kier molecular flexibility index (Phi) is 6.04. The molecule has 2 N–H and O–H groups in total. The number of rotatable bonds is 6. The van der Waals surface area contributed by atoms with E-state index in [0.717, 1.165) is 24.1 Å². The Morgan fingerprint density at radius 2 is 1.58 bits per heavy atom. The zero-order chi connectivity index (χ0) is 19.4. The van der Waals surface area contributed by atoms with E-state index in [1.807, 2.05) is 19.1 Å². The van der Waals surface area contributed by atoms with E-state index in [-0.39, 0.29) is 10.8 Å². The predicted molar refractivity (Wildman–Crippen MR) is 91.5 cm³/mol. The Labute approximate surface area is 149 Å². The average molecular weight is 386 g/mol. The minimum Gasteiger partial charge on any atom is -0.322 e. The molecule has 2 rings (SSSR count). The van der Waals surface area contributed by atoms with E-state index >= 15 is 0 Å². The van der Waals surface area contributed by atoms with Gasteiger partial charge in [-0.15, -0.1) is 0 Å². The van der Waals surface area contributed by atoms with Crippen LogP contribution in [0.25, 0.3) is 0 Å². The van der Waals surface area contributed by atoms with Gasteiger partial charge in [-0.05, 0) is 48.4 Å². The molecule has 0 fully saturated rings. The van der Waals surface area contributed by atoms with Gasteiger partial charge in [0, 0.05) is 11.3 Å². The fourth-order valence-electron chi connectivity index (χ4n) is 2.07. The van der Waals surface area contributed by atoms with Gasteiger partial charge in [-0.2, -0.15) is 13.2 Å². The number of aryl methyl sites for hydroxylation is 1. The van der Waals surface area contributed by atoms with Crippen molar-refractivity contribution in [1.29, 1.82) is 0 Å². The Morgan fingerprint density at radius 3 is 2.08 bits per heavy atom. The highest BCUT2D eigenvalue weighted by Crippen LogP contribution is 2.18. The molecule has 0 aliphatic carbocycles. The number of carbonyl (C=O) groups excluding carboxylic acids is 1. The Hall–Kier alpha value is -2.39. The van der Waals surface area contributed by atoms with Crippen LogP contribution in [-0.4, -0.2) is 27.0 Å². The van der Waals surface area contributed by atoms with E-state index in [2.05, 4.69) is 5.32 Å². The molecule has 5 nitrogen and oxygen atoms in total. The number of benzene rings is 2. The maximum Gasteiger partial charge on any atom is 0.402 e. The number of nitrogens with one attached hydrogen (secondary N) is 2. The maximum atomic E-state index is 12.1. The van der Waals surface area contributed by atoms with Crippen molar-refractivity contribution < 1.29 is 26.4 Å². The van der Waals surface area contributed by atoms with Gasteiger partial charge in [0.1, 0.15) is 6.54 Å². The van der Waals surface area contributed by atoms with Crippen molar-refractivity contribution in [3.8, 4) is 0 Å². The van der Waals surface area contributed by atoms with E-state index in [1.54, 1.807) is 12.1 Å². The van der Waals surface area contributed by atoms with Crippen LogP contribution in [0.3, 0.4) is 0 Å². The lowest BCUT2D eigenvalue weighted by atomic mass is 10.1. The van der Waals surface area contributed by atoms with E-state index in [0.29, 0.717) is 11.3 Å².